The van der Waals surface area contributed by atoms with Crippen molar-refractivity contribution >= 4 is 10.2 Å². The third-order valence-corrected chi connectivity index (χ3v) is 5.12. The maximum atomic E-state index is 12.5. The van der Waals surface area contributed by atoms with E-state index in [-0.39, 0.29) is 5.41 Å². The lowest BCUT2D eigenvalue weighted by Crippen LogP contribution is -2.43. The van der Waals surface area contributed by atoms with Crippen molar-refractivity contribution in [2.75, 3.05) is 26.7 Å². The highest BCUT2D eigenvalue weighted by Gasteiger charge is 2.26. The lowest BCUT2D eigenvalue weighted by molar-refractivity contribution is 0.294. The Labute approximate surface area is 120 Å². The van der Waals surface area contributed by atoms with Gasteiger partial charge in [-0.15, -0.1) is 0 Å². The molecule has 0 radical (unpaired) electrons. The molecule has 0 aliphatic rings. The summed E-state index contributed by atoms with van der Waals surface area (Å²) in [6.07, 6.45) is 3.66. The van der Waals surface area contributed by atoms with Crippen molar-refractivity contribution < 1.29 is 8.42 Å². The maximum absolute atomic E-state index is 12.5. The van der Waals surface area contributed by atoms with Gasteiger partial charge in [0.15, 0.2) is 0 Å². The third-order valence-electron chi connectivity index (χ3n) is 3.13. The number of rotatable bonds is 9. The number of unbranched alkanes of at least 4 members (excludes halogenated alkanes) is 1. The fourth-order valence-electron chi connectivity index (χ4n) is 1.75. The number of nitrogens with zero attached hydrogens (tertiary/aromatic N) is 2. The van der Waals surface area contributed by atoms with Gasteiger partial charge in [-0.2, -0.15) is 17.0 Å². The predicted molar refractivity (Wildman–Crippen MR) is 82.4 cm³/mol. The third kappa shape index (κ3) is 7.28. The Kier molecular flexibility index (Phi) is 8.17. The molecule has 4 nitrogen and oxygen atoms in total. The summed E-state index contributed by atoms with van der Waals surface area (Å²) in [6, 6.07) is 0. The van der Waals surface area contributed by atoms with Crippen LogP contribution in [0.4, 0.5) is 0 Å². The van der Waals surface area contributed by atoms with E-state index in [1.165, 1.54) is 4.31 Å². The van der Waals surface area contributed by atoms with Gasteiger partial charge in [-0.25, -0.2) is 0 Å². The van der Waals surface area contributed by atoms with E-state index < -0.39 is 10.2 Å². The topological polar surface area (TPSA) is 40.6 Å². The normalized spacial score (nSPS) is 13.5. The molecule has 0 spiro atoms. The SMILES string of the molecule is CCCCN(C)S(=O)(=O)N(CCC)CCC(C)(C)C. The molecule has 0 amide bonds. The van der Waals surface area contributed by atoms with Crippen molar-refractivity contribution in [1.82, 2.24) is 8.61 Å². The summed E-state index contributed by atoms with van der Waals surface area (Å²) in [7, 11) is -1.61. The van der Waals surface area contributed by atoms with Gasteiger partial charge in [0, 0.05) is 26.7 Å². The highest BCUT2D eigenvalue weighted by atomic mass is 32.2. The molecule has 5 heteroatoms. The molecule has 0 aliphatic carbocycles. The molecule has 0 heterocycles. The number of hydrogen-bond donors (Lipinski definition) is 0. The van der Waals surface area contributed by atoms with Crippen LogP contribution in [0.5, 0.6) is 0 Å². The Morgan fingerprint density at radius 2 is 1.53 bits per heavy atom. The Balaban J connectivity index is 4.74. The molecule has 0 saturated heterocycles. The van der Waals surface area contributed by atoms with Crippen molar-refractivity contribution in [2.24, 2.45) is 5.41 Å². The van der Waals surface area contributed by atoms with Crippen LogP contribution in [0.3, 0.4) is 0 Å². The van der Waals surface area contributed by atoms with E-state index in [9.17, 15) is 8.42 Å². The molecule has 0 aromatic carbocycles. The zero-order valence-electron chi connectivity index (χ0n) is 13.6. The fraction of sp³-hybridized carbons (Fsp3) is 1.00. The van der Waals surface area contributed by atoms with Gasteiger partial charge in [0.25, 0.3) is 10.2 Å². The summed E-state index contributed by atoms with van der Waals surface area (Å²) in [6.45, 7) is 12.3. The monoisotopic (exact) mass is 292 g/mol. The molecular formula is C14H32N2O2S. The summed E-state index contributed by atoms with van der Waals surface area (Å²) in [4.78, 5) is 0. The van der Waals surface area contributed by atoms with E-state index >= 15 is 0 Å². The van der Waals surface area contributed by atoms with Crippen LogP contribution in [-0.4, -0.2) is 43.7 Å². The van der Waals surface area contributed by atoms with Crippen LogP contribution in [0.2, 0.25) is 0 Å². The van der Waals surface area contributed by atoms with Crippen LogP contribution in [0, 0.1) is 5.41 Å². The van der Waals surface area contributed by atoms with Crippen LogP contribution in [0.1, 0.15) is 60.3 Å². The first-order valence-electron chi connectivity index (χ1n) is 7.36. The van der Waals surface area contributed by atoms with Crippen molar-refractivity contribution in [3.8, 4) is 0 Å². The van der Waals surface area contributed by atoms with Crippen LogP contribution < -0.4 is 0 Å². The maximum Gasteiger partial charge on any atom is 0.281 e. The molecule has 0 atom stereocenters. The predicted octanol–water partition coefficient (Wildman–Crippen LogP) is 3.11. The van der Waals surface area contributed by atoms with Crippen molar-refractivity contribution in [3.05, 3.63) is 0 Å². The fourth-order valence-corrected chi connectivity index (χ4v) is 3.23. The molecule has 0 aromatic heterocycles. The molecule has 0 N–H and O–H groups in total. The van der Waals surface area contributed by atoms with Crippen molar-refractivity contribution in [3.63, 3.8) is 0 Å². The second-order valence-electron chi connectivity index (χ2n) is 6.39. The standard InChI is InChI=1S/C14H32N2O2S/c1-7-9-12-15(6)19(17,18)16(11-8-2)13-10-14(3,4)5/h7-13H2,1-6H3. The van der Waals surface area contributed by atoms with E-state index in [0.29, 0.717) is 19.6 Å². The molecular weight excluding hydrogens is 260 g/mol. The Morgan fingerprint density at radius 3 is 1.95 bits per heavy atom. The highest BCUT2D eigenvalue weighted by Crippen LogP contribution is 2.20. The Hall–Kier alpha value is -0.130. The summed E-state index contributed by atoms with van der Waals surface area (Å²) in [5, 5.41) is 0. The van der Waals surface area contributed by atoms with Crippen LogP contribution >= 0.6 is 0 Å². The van der Waals surface area contributed by atoms with E-state index in [0.717, 1.165) is 25.7 Å². The van der Waals surface area contributed by atoms with Gasteiger partial charge in [0.05, 0.1) is 0 Å². The van der Waals surface area contributed by atoms with Gasteiger partial charge in [-0.3, -0.25) is 0 Å². The van der Waals surface area contributed by atoms with E-state index in [1.54, 1.807) is 11.4 Å². The molecule has 0 aliphatic heterocycles. The molecule has 116 valence electrons. The molecule has 0 unspecified atom stereocenters. The van der Waals surface area contributed by atoms with Crippen LogP contribution in [-0.2, 0) is 10.2 Å². The molecule has 0 aromatic rings. The van der Waals surface area contributed by atoms with E-state index in [2.05, 4.69) is 27.7 Å². The van der Waals surface area contributed by atoms with Gasteiger partial charge in [0.1, 0.15) is 0 Å². The van der Waals surface area contributed by atoms with Gasteiger partial charge in [-0.05, 0) is 24.7 Å². The molecule has 0 saturated carbocycles. The minimum absolute atomic E-state index is 0.156. The lowest BCUT2D eigenvalue weighted by Gasteiger charge is -2.29. The smallest absolute Gasteiger partial charge is 0.195 e. The highest BCUT2D eigenvalue weighted by molar-refractivity contribution is 7.86. The first kappa shape index (κ1) is 18.9. The number of hydrogen-bond acceptors (Lipinski definition) is 2. The van der Waals surface area contributed by atoms with Gasteiger partial charge in [-0.1, -0.05) is 41.0 Å². The zero-order valence-corrected chi connectivity index (χ0v) is 14.4. The quantitative estimate of drug-likeness (QED) is 0.655. The van der Waals surface area contributed by atoms with Crippen LogP contribution in [0.25, 0.3) is 0 Å². The van der Waals surface area contributed by atoms with E-state index in [4.69, 9.17) is 0 Å². The minimum atomic E-state index is -3.29. The van der Waals surface area contributed by atoms with Crippen LogP contribution in [0.15, 0.2) is 0 Å². The molecule has 0 rings (SSSR count). The summed E-state index contributed by atoms with van der Waals surface area (Å²) < 4.78 is 28.1. The van der Waals surface area contributed by atoms with Crippen molar-refractivity contribution in [1.29, 1.82) is 0 Å². The first-order chi connectivity index (χ1) is 8.65. The summed E-state index contributed by atoms with van der Waals surface area (Å²) in [5.41, 5.74) is 0.156. The first-order valence-corrected chi connectivity index (χ1v) is 8.76. The average Bonchev–Trinajstić information content (AvgIpc) is 2.29. The average molecular weight is 292 g/mol. The second kappa shape index (κ2) is 8.22. The Bertz CT molecular complexity index is 334. The molecule has 0 fully saturated rings. The van der Waals surface area contributed by atoms with Gasteiger partial charge < -0.3 is 0 Å². The lowest BCUT2D eigenvalue weighted by atomic mass is 9.92. The summed E-state index contributed by atoms with van der Waals surface area (Å²) in [5.74, 6) is 0. The summed E-state index contributed by atoms with van der Waals surface area (Å²) >= 11 is 0. The zero-order chi connectivity index (χ0) is 15.1. The van der Waals surface area contributed by atoms with Gasteiger partial charge >= 0.3 is 0 Å². The van der Waals surface area contributed by atoms with E-state index in [1.807, 2.05) is 6.92 Å². The van der Waals surface area contributed by atoms with Gasteiger partial charge in [0.2, 0.25) is 0 Å². The second-order valence-corrected chi connectivity index (χ2v) is 8.43. The molecule has 0 bridgehead atoms. The largest absolute Gasteiger partial charge is 0.281 e. The minimum Gasteiger partial charge on any atom is -0.195 e. The Morgan fingerprint density at radius 1 is 0.947 bits per heavy atom. The van der Waals surface area contributed by atoms with Crippen molar-refractivity contribution in [2.45, 2.75) is 60.3 Å². The molecule has 19 heavy (non-hydrogen) atoms.